The molecule has 0 unspecified atom stereocenters. The molecule has 0 radical (unpaired) electrons. The number of hydrogen-bond donors (Lipinski definition) is 0. The SMILES string of the molecule is c1ccc([Si](c2ccccc2)(c2ccccc2)c2cccc(-n3c4ccccc4c4cccc(-n5c6ccccc6c6c(-c7ccc8c(c7)sc7ccccc78)cccc65)c43)c2)cc1. The molecule has 2 nitrogen and oxygen atoms in total. The van der Waals surface area contributed by atoms with E-state index < -0.39 is 8.07 Å². The van der Waals surface area contributed by atoms with Crippen molar-refractivity contribution in [1.29, 1.82) is 0 Å². The zero-order valence-electron chi connectivity index (χ0n) is 34.9. The van der Waals surface area contributed by atoms with Gasteiger partial charge < -0.3 is 9.13 Å². The molecule has 0 aliphatic carbocycles. The molecule has 0 N–H and O–H groups in total. The summed E-state index contributed by atoms with van der Waals surface area (Å²) < 4.78 is 7.69. The molecule has 3 heterocycles. The molecule has 0 aliphatic rings. The number of para-hydroxylation sites is 3. The lowest BCUT2D eigenvalue weighted by Gasteiger charge is -2.34. The van der Waals surface area contributed by atoms with E-state index in [4.69, 9.17) is 0 Å². The fraction of sp³-hybridized carbons (Fsp3) is 0. The van der Waals surface area contributed by atoms with Gasteiger partial charge >= 0.3 is 0 Å². The van der Waals surface area contributed by atoms with Gasteiger partial charge in [0.25, 0.3) is 0 Å². The number of rotatable bonds is 7. The number of benzene rings is 10. The summed E-state index contributed by atoms with van der Waals surface area (Å²) >= 11 is 1.88. The van der Waals surface area contributed by atoms with E-state index in [-0.39, 0.29) is 0 Å². The first kappa shape index (κ1) is 36.9. The predicted octanol–water partition coefficient (Wildman–Crippen LogP) is 13.3. The van der Waals surface area contributed by atoms with E-state index in [0.717, 1.165) is 11.4 Å². The highest BCUT2D eigenvalue weighted by Crippen LogP contribution is 2.43. The van der Waals surface area contributed by atoms with Crippen LogP contribution < -0.4 is 20.7 Å². The van der Waals surface area contributed by atoms with Crippen molar-refractivity contribution in [2.24, 2.45) is 0 Å². The van der Waals surface area contributed by atoms with Crippen LogP contribution in [0.2, 0.25) is 0 Å². The van der Waals surface area contributed by atoms with Gasteiger partial charge in [-0.1, -0.05) is 194 Å². The Balaban J connectivity index is 1.09. The largest absolute Gasteiger partial charge is 0.307 e. The van der Waals surface area contributed by atoms with Crippen molar-refractivity contribution in [2.75, 3.05) is 0 Å². The molecular formula is C60H40N2SSi. The summed E-state index contributed by atoms with van der Waals surface area (Å²) in [6.45, 7) is 0. The summed E-state index contributed by atoms with van der Waals surface area (Å²) in [5.41, 5.74) is 9.54. The summed E-state index contributed by atoms with van der Waals surface area (Å²) in [7, 11) is -2.80. The van der Waals surface area contributed by atoms with Crippen molar-refractivity contribution in [3.8, 4) is 22.5 Å². The molecule has 4 heteroatoms. The minimum atomic E-state index is -2.80. The standard InChI is InChI=1S/C60H40N2SSi/c1-4-20-43(21-5-1)64(44-22-6-2-7-23-44,45-24-8-3-9-25-45)46-26-16-19-42(40-46)61-53-32-13-10-27-48(53)51-31-18-35-56(60(51)61)62-54-33-14-11-29-52(54)59-47(30-17-34-55(59)62)41-37-38-50-49-28-12-15-36-57(49)63-58(50)39-41/h1-40H. The predicted molar refractivity (Wildman–Crippen MR) is 277 cm³/mol. The van der Waals surface area contributed by atoms with Crippen molar-refractivity contribution in [1.82, 2.24) is 9.13 Å². The van der Waals surface area contributed by atoms with Gasteiger partial charge in [-0.2, -0.15) is 0 Å². The maximum absolute atomic E-state index is 2.80. The minimum Gasteiger partial charge on any atom is -0.307 e. The van der Waals surface area contributed by atoms with Gasteiger partial charge in [0.15, 0.2) is 8.07 Å². The summed E-state index contributed by atoms with van der Waals surface area (Å²) in [6.07, 6.45) is 0. The van der Waals surface area contributed by atoms with Crippen molar-refractivity contribution < 1.29 is 0 Å². The molecule has 0 amide bonds. The fourth-order valence-electron chi connectivity index (χ4n) is 10.8. The van der Waals surface area contributed by atoms with Gasteiger partial charge in [-0.05, 0) is 80.4 Å². The van der Waals surface area contributed by atoms with Crippen LogP contribution in [0.5, 0.6) is 0 Å². The van der Waals surface area contributed by atoms with Crippen LogP contribution in [-0.4, -0.2) is 17.2 Å². The average Bonchev–Trinajstić information content (AvgIpc) is 4.03. The van der Waals surface area contributed by atoms with Crippen LogP contribution in [-0.2, 0) is 0 Å². The van der Waals surface area contributed by atoms with E-state index in [9.17, 15) is 0 Å². The zero-order chi connectivity index (χ0) is 42.2. The monoisotopic (exact) mass is 848 g/mol. The van der Waals surface area contributed by atoms with E-state index in [2.05, 4.69) is 252 Å². The normalized spacial score (nSPS) is 12.1. The Morgan fingerprint density at radius 1 is 0.328 bits per heavy atom. The molecule has 10 aromatic carbocycles. The molecule has 0 spiro atoms. The van der Waals surface area contributed by atoms with Crippen molar-refractivity contribution in [3.63, 3.8) is 0 Å². The van der Waals surface area contributed by atoms with Crippen LogP contribution in [0.4, 0.5) is 0 Å². The van der Waals surface area contributed by atoms with E-state index >= 15 is 0 Å². The highest BCUT2D eigenvalue weighted by atomic mass is 32.1. The maximum Gasteiger partial charge on any atom is 0.179 e. The molecule has 3 aromatic heterocycles. The summed E-state index contributed by atoms with van der Waals surface area (Å²) in [5, 5.41) is 13.0. The minimum absolute atomic E-state index is 1.15. The van der Waals surface area contributed by atoms with Gasteiger partial charge in [0.05, 0.1) is 27.8 Å². The smallest absolute Gasteiger partial charge is 0.179 e. The van der Waals surface area contributed by atoms with Gasteiger partial charge in [-0.3, -0.25) is 0 Å². The number of hydrogen-bond acceptors (Lipinski definition) is 1. The van der Waals surface area contributed by atoms with E-state index in [1.54, 1.807) is 0 Å². The Kier molecular flexibility index (Phi) is 8.45. The first-order valence-electron chi connectivity index (χ1n) is 22.0. The van der Waals surface area contributed by atoms with Gasteiger partial charge in [0.2, 0.25) is 0 Å². The molecule has 13 rings (SSSR count). The van der Waals surface area contributed by atoms with Gasteiger partial charge in [0, 0.05) is 47.4 Å². The molecule has 0 saturated carbocycles. The second kappa shape index (κ2) is 14.7. The van der Waals surface area contributed by atoms with Crippen LogP contribution in [0.1, 0.15) is 0 Å². The quantitative estimate of drug-likeness (QED) is 0.112. The third kappa shape index (κ3) is 5.43. The molecule has 0 fully saturated rings. The lowest BCUT2D eigenvalue weighted by molar-refractivity contribution is 1.13. The van der Waals surface area contributed by atoms with Crippen LogP contribution in [0.25, 0.3) is 86.3 Å². The maximum atomic E-state index is 2.53. The van der Waals surface area contributed by atoms with Crippen molar-refractivity contribution in [2.45, 2.75) is 0 Å². The molecule has 300 valence electrons. The molecule has 0 atom stereocenters. The van der Waals surface area contributed by atoms with Crippen LogP contribution >= 0.6 is 11.3 Å². The fourth-order valence-corrected chi connectivity index (χ4v) is 16.7. The molecule has 13 aromatic rings. The molecule has 0 aliphatic heterocycles. The molecule has 0 saturated heterocycles. The summed E-state index contributed by atoms with van der Waals surface area (Å²) in [4.78, 5) is 0. The number of fused-ring (bicyclic) bond motifs is 9. The van der Waals surface area contributed by atoms with Crippen LogP contribution in [0.15, 0.2) is 243 Å². The molecule has 0 bridgehead atoms. The number of thiophene rings is 1. The molecule has 64 heavy (non-hydrogen) atoms. The number of nitrogens with zero attached hydrogens (tertiary/aromatic N) is 2. The third-order valence-electron chi connectivity index (χ3n) is 13.5. The third-order valence-corrected chi connectivity index (χ3v) is 19.4. The topological polar surface area (TPSA) is 9.86 Å². The van der Waals surface area contributed by atoms with Gasteiger partial charge in [-0.25, -0.2) is 0 Å². The summed E-state index contributed by atoms with van der Waals surface area (Å²) in [6, 6.07) is 90.5. The molecular weight excluding hydrogens is 809 g/mol. The van der Waals surface area contributed by atoms with E-state index in [1.165, 1.54) is 95.7 Å². The Morgan fingerprint density at radius 3 is 1.58 bits per heavy atom. The Labute approximate surface area is 376 Å². The highest BCUT2D eigenvalue weighted by molar-refractivity contribution is 7.25. The average molecular weight is 849 g/mol. The Morgan fingerprint density at radius 2 is 0.859 bits per heavy atom. The van der Waals surface area contributed by atoms with E-state index in [1.807, 2.05) is 11.3 Å². The first-order chi connectivity index (χ1) is 31.8. The Hall–Kier alpha value is -7.76. The van der Waals surface area contributed by atoms with Gasteiger partial charge in [-0.15, -0.1) is 11.3 Å². The highest BCUT2D eigenvalue weighted by Gasteiger charge is 2.41. The Bertz CT molecular complexity index is 3800. The second-order valence-electron chi connectivity index (χ2n) is 16.8. The number of aromatic nitrogens is 2. The second-order valence-corrected chi connectivity index (χ2v) is 21.7. The van der Waals surface area contributed by atoms with Crippen molar-refractivity contribution >= 4 is 104 Å². The first-order valence-corrected chi connectivity index (χ1v) is 24.8. The van der Waals surface area contributed by atoms with E-state index in [0.29, 0.717) is 0 Å². The zero-order valence-corrected chi connectivity index (χ0v) is 36.7. The lowest BCUT2D eigenvalue weighted by Crippen LogP contribution is -2.74. The van der Waals surface area contributed by atoms with Crippen LogP contribution in [0.3, 0.4) is 0 Å². The summed E-state index contributed by atoms with van der Waals surface area (Å²) in [5.74, 6) is 0. The van der Waals surface area contributed by atoms with Crippen molar-refractivity contribution in [3.05, 3.63) is 243 Å². The van der Waals surface area contributed by atoms with Gasteiger partial charge in [0.1, 0.15) is 0 Å². The lowest BCUT2D eigenvalue weighted by atomic mass is 9.98. The van der Waals surface area contributed by atoms with Crippen LogP contribution in [0, 0.1) is 0 Å².